The molecule has 1 aliphatic carbocycles. The van der Waals surface area contributed by atoms with Gasteiger partial charge < -0.3 is 4.52 Å². The number of nitrogens with zero attached hydrogens (tertiary/aromatic N) is 1. The molecular weight excluding hydrogens is 310 g/mol. The predicted molar refractivity (Wildman–Crippen MR) is 78.1 cm³/mol. The molecule has 0 N–H and O–H groups in total. The molecule has 0 saturated carbocycles. The maximum Gasteiger partial charge on any atom is 0.233 e. The molecule has 0 atom stereocenters. The first-order valence-corrected chi connectivity index (χ1v) is 7.35. The van der Waals surface area contributed by atoms with E-state index in [2.05, 4.69) is 5.16 Å². The fourth-order valence-corrected chi connectivity index (χ4v) is 3.45. The number of carbonyl (C=O) groups excluding carboxylic acids is 2. The highest BCUT2D eigenvalue weighted by Gasteiger charge is 2.38. The lowest BCUT2D eigenvalue weighted by atomic mass is 9.92. The van der Waals surface area contributed by atoms with Crippen LogP contribution in [-0.4, -0.2) is 16.7 Å². The molecule has 4 nitrogen and oxygen atoms in total. The van der Waals surface area contributed by atoms with Crippen LogP contribution < -0.4 is 0 Å². The number of benzene rings is 1. The first kappa shape index (κ1) is 12.5. The Morgan fingerprint density at radius 3 is 2.67 bits per heavy atom. The highest BCUT2D eigenvalue weighted by Crippen LogP contribution is 2.38. The Kier molecular flexibility index (Phi) is 2.60. The maximum absolute atomic E-state index is 12.6. The van der Waals surface area contributed by atoms with E-state index in [1.165, 1.54) is 11.3 Å². The van der Waals surface area contributed by atoms with Crippen molar-refractivity contribution in [1.29, 1.82) is 0 Å². The minimum absolute atomic E-state index is 0.0131. The van der Waals surface area contributed by atoms with Gasteiger partial charge in [0.15, 0.2) is 0 Å². The van der Waals surface area contributed by atoms with Crippen LogP contribution in [0.5, 0.6) is 0 Å². The molecule has 2 aromatic heterocycles. The quantitative estimate of drug-likeness (QED) is 0.535. The SMILES string of the molecule is O=C1c2ccsc2C(=O)c2c(-c3ccccc3Cl)noc21. The van der Waals surface area contributed by atoms with Crippen molar-refractivity contribution >= 4 is 34.5 Å². The standard InChI is InChI=1S/C15H6ClNO3S/c16-9-4-2-1-3-7(9)11-10-13(19)15-8(5-6-21-15)12(18)14(10)20-17-11/h1-6H. The van der Waals surface area contributed by atoms with E-state index in [1.54, 1.807) is 35.7 Å². The molecule has 3 aromatic rings. The summed E-state index contributed by atoms with van der Waals surface area (Å²) in [5, 5.41) is 6.06. The van der Waals surface area contributed by atoms with E-state index in [0.717, 1.165) is 0 Å². The molecule has 0 unspecified atom stereocenters. The third-order valence-electron chi connectivity index (χ3n) is 3.37. The van der Waals surface area contributed by atoms with Gasteiger partial charge in [-0.3, -0.25) is 9.59 Å². The summed E-state index contributed by atoms with van der Waals surface area (Å²) in [6, 6.07) is 8.63. The second-order valence-electron chi connectivity index (χ2n) is 4.54. The minimum atomic E-state index is -0.313. The Hall–Kier alpha value is -2.24. The average molecular weight is 316 g/mol. The molecule has 0 aliphatic heterocycles. The molecule has 0 amide bonds. The van der Waals surface area contributed by atoms with E-state index >= 15 is 0 Å². The van der Waals surface area contributed by atoms with Gasteiger partial charge in [0, 0.05) is 11.1 Å². The normalized spacial score (nSPS) is 13.2. The lowest BCUT2D eigenvalue weighted by molar-refractivity contribution is 0.0958. The molecule has 0 spiro atoms. The molecule has 0 bridgehead atoms. The van der Waals surface area contributed by atoms with Crippen molar-refractivity contribution in [2.45, 2.75) is 0 Å². The van der Waals surface area contributed by atoms with Crippen LogP contribution in [0.15, 0.2) is 40.2 Å². The Morgan fingerprint density at radius 2 is 1.86 bits per heavy atom. The van der Waals surface area contributed by atoms with Gasteiger partial charge in [-0.1, -0.05) is 35.0 Å². The zero-order valence-electron chi connectivity index (χ0n) is 10.4. The second-order valence-corrected chi connectivity index (χ2v) is 5.86. The Balaban J connectivity index is 2.00. The highest BCUT2D eigenvalue weighted by atomic mass is 35.5. The van der Waals surface area contributed by atoms with E-state index in [1.807, 2.05) is 0 Å². The molecule has 4 rings (SSSR count). The molecule has 102 valence electrons. The number of hydrogen-bond acceptors (Lipinski definition) is 5. The van der Waals surface area contributed by atoms with Gasteiger partial charge in [-0.15, -0.1) is 11.3 Å². The number of thiophene rings is 1. The number of hydrogen-bond donors (Lipinski definition) is 0. The lowest BCUT2D eigenvalue weighted by Gasteiger charge is -2.09. The van der Waals surface area contributed by atoms with Crippen molar-refractivity contribution < 1.29 is 14.1 Å². The van der Waals surface area contributed by atoms with Gasteiger partial charge in [-0.05, 0) is 17.5 Å². The van der Waals surface area contributed by atoms with E-state index in [-0.39, 0.29) is 22.9 Å². The van der Waals surface area contributed by atoms with Crippen LogP contribution in [0.3, 0.4) is 0 Å². The van der Waals surface area contributed by atoms with Crippen LogP contribution in [0.2, 0.25) is 5.02 Å². The van der Waals surface area contributed by atoms with Crippen molar-refractivity contribution in [1.82, 2.24) is 5.16 Å². The first-order chi connectivity index (χ1) is 10.2. The molecule has 2 heterocycles. The highest BCUT2D eigenvalue weighted by molar-refractivity contribution is 7.12. The molecule has 21 heavy (non-hydrogen) atoms. The molecule has 6 heteroatoms. The molecule has 1 aromatic carbocycles. The van der Waals surface area contributed by atoms with E-state index in [9.17, 15) is 9.59 Å². The molecule has 0 radical (unpaired) electrons. The summed E-state index contributed by atoms with van der Waals surface area (Å²) in [5.41, 5.74) is 1.46. The molecule has 0 saturated heterocycles. The van der Waals surface area contributed by atoms with Crippen LogP contribution >= 0.6 is 22.9 Å². The van der Waals surface area contributed by atoms with Gasteiger partial charge in [0.1, 0.15) is 11.3 Å². The number of ketones is 2. The van der Waals surface area contributed by atoms with Crippen LogP contribution in [0, 0.1) is 0 Å². The summed E-state index contributed by atoms with van der Waals surface area (Å²) >= 11 is 7.39. The Bertz CT molecular complexity index is 909. The monoisotopic (exact) mass is 315 g/mol. The van der Waals surface area contributed by atoms with E-state index in [0.29, 0.717) is 26.7 Å². The molecular formula is C15H6ClNO3S. The van der Waals surface area contributed by atoms with E-state index < -0.39 is 0 Å². The second kappa shape index (κ2) is 4.38. The summed E-state index contributed by atoms with van der Waals surface area (Å²) in [4.78, 5) is 25.3. The van der Waals surface area contributed by atoms with Crippen LogP contribution in [0.25, 0.3) is 11.3 Å². The summed E-state index contributed by atoms with van der Waals surface area (Å²) in [7, 11) is 0. The number of halogens is 1. The summed E-state index contributed by atoms with van der Waals surface area (Å²) < 4.78 is 5.13. The average Bonchev–Trinajstić information content (AvgIpc) is 3.12. The van der Waals surface area contributed by atoms with Gasteiger partial charge in [0.2, 0.25) is 17.3 Å². The van der Waals surface area contributed by atoms with Crippen molar-refractivity contribution in [3.05, 3.63) is 62.5 Å². The fraction of sp³-hybridized carbons (Fsp3) is 0. The minimum Gasteiger partial charge on any atom is -0.351 e. The first-order valence-electron chi connectivity index (χ1n) is 6.10. The van der Waals surface area contributed by atoms with Gasteiger partial charge in [-0.25, -0.2) is 0 Å². The van der Waals surface area contributed by atoms with Crippen molar-refractivity contribution in [2.24, 2.45) is 0 Å². The third-order valence-corrected chi connectivity index (χ3v) is 4.61. The van der Waals surface area contributed by atoms with Gasteiger partial charge in [0.05, 0.1) is 9.90 Å². The predicted octanol–water partition coefficient (Wildman–Crippen LogP) is 3.83. The Labute approximate surface area is 128 Å². The lowest BCUT2D eigenvalue weighted by Crippen LogP contribution is -2.17. The summed E-state index contributed by atoms with van der Waals surface area (Å²) in [6.45, 7) is 0. The summed E-state index contributed by atoms with van der Waals surface area (Å²) in [5.74, 6) is -0.571. The zero-order valence-corrected chi connectivity index (χ0v) is 12.0. The third kappa shape index (κ3) is 1.65. The van der Waals surface area contributed by atoms with Crippen LogP contribution in [0.4, 0.5) is 0 Å². The van der Waals surface area contributed by atoms with Crippen LogP contribution in [0.1, 0.15) is 31.4 Å². The number of aromatic nitrogens is 1. The van der Waals surface area contributed by atoms with Crippen molar-refractivity contribution in [2.75, 3.05) is 0 Å². The van der Waals surface area contributed by atoms with Gasteiger partial charge in [-0.2, -0.15) is 0 Å². The smallest absolute Gasteiger partial charge is 0.233 e. The number of fused-ring (bicyclic) bond motifs is 2. The van der Waals surface area contributed by atoms with E-state index in [4.69, 9.17) is 16.1 Å². The fourth-order valence-electron chi connectivity index (χ4n) is 2.39. The number of carbonyl (C=O) groups is 2. The molecule has 1 aliphatic rings. The maximum atomic E-state index is 12.6. The van der Waals surface area contributed by atoms with Gasteiger partial charge >= 0.3 is 0 Å². The Morgan fingerprint density at radius 1 is 1.05 bits per heavy atom. The summed E-state index contributed by atoms with van der Waals surface area (Å²) in [6.07, 6.45) is 0. The van der Waals surface area contributed by atoms with Gasteiger partial charge in [0.25, 0.3) is 0 Å². The van der Waals surface area contributed by atoms with Crippen LogP contribution in [-0.2, 0) is 0 Å². The molecule has 0 fully saturated rings. The van der Waals surface area contributed by atoms with Crippen molar-refractivity contribution in [3.63, 3.8) is 0 Å². The van der Waals surface area contributed by atoms with Crippen molar-refractivity contribution in [3.8, 4) is 11.3 Å². The zero-order chi connectivity index (χ0) is 14.6. The largest absolute Gasteiger partial charge is 0.351 e. The topological polar surface area (TPSA) is 60.2 Å². The number of rotatable bonds is 1.